The lowest BCUT2D eigenvalue weighted by Gasteiger charge is -2.39. The number of ether oxygens (including phenoxy) is 1. The van der Waals surface area contributed by atoms with Crippen molar-refractivity contribution in [3.63, 3.8) is 0 Å². The molecule has 1 aromatic rings. The molecule has 2 bridgehead atoms. The Kier molecular flexibility index (Phi) is 4.00. The van der Waals surface area contributed by atoms with E-state index in [9.17, 15) is 4.79 Å². The quantitative estimate of drug-likeness (QED) is 0.787. The highest BCUT2D eigenvalue weighted by atomic mass is 16.5. The van der Waals surface area contributed by atoms with Crippen molar-refractivity contribution >= 4 is 11.9 Å². The molecule has 5 heteroatoms. The van der Waals surface area contributed by atoms with Gasteiger partial charge in [0.15, 0.2) is 0 Å². The van der Waals surface area contributed by atoms with Crippen LogP contribution in [0.5, 0.6) is 0 Å². The maximum atomic E-state index is 12.9. The van der Waals surface area contributed by atoms with E-state index >= 15 is 0 Å². The van der Waals surface area contributed by atoms with Gasteiger partial charge in [0.1, 0.15) is 6.10 Å². The van der Waals surface area contributed by atoms with Gasteiger partial charge in [0.2, 0.25) is 5.95 Å². The minimum atomic E-state index is -0.0663. The zero-order valence-electron chi connectivity index (χ0n) is 15.6. The summed E-state index contributed by atoms with van der Waals surface area (Å²) in [5.41, 5.74) is 0.401. The van der Waals surface area contributed by atoms with E-state index in [0.717, 1.165) is 25.8 Å². The second-order valence-electron chi connectivity index (χ2n) is 8.87. The molecule has 0 radical (unpaired) electrons. The van der Waals surface area contributed by atoms with Gasteiger partial charge >= 0.3 is 5.97 Å². The van der Waals surface area contributed by atoms with Crippen molar-refractivity contribution in [2.75, 3.05) is 18.0 Å². The van der Waals surface area contributed by atoms with Gasteiger partial charge < -0.3 is 9.64 Å². The highest BCUT2D eigenvalue weighted by Gasteiger charge is 2.63. The van der Waals surface area contributed by atoms with Gasteiger partial charge in [-0.1, -0.05) is 20.8 Å². The van der Waals surface area contributed by atoms with Crippen molar-refractivity contribution < 1.29 is 9.53 Å². The Morgan fingerprint density at radius 2 is 2.00 bits per heavy atom. The van der Waals surface area contributed by atoms with Gasteiger partial charge in [-0.2, -0.15) is 0 Å². The van der Waals surface area contributed by atoms with Gasteiger partial charge in [-0.25, -0.2) is 9.97 Å². The molecule has 0 unspecified atom stereocenters. The first-order valence-corrected chi connectivity index (χ1v) is 9.64. The second-order valence-corrected chi connectivity index (χ2v) is 8.87. The Morgan fingerprint density at radius 1 is 1.24 bits per heavy atom. The lowest BCUT2D eigenvalue weighted by molar-refractivity contribution is -0.162. The van der Waals surface area contributed by atoms with Crippen molar-refractivity contribution in [1.82, 2.24) is 9.97 Å². The van der Waals surface area contributed by atoms with Crippen molar-refractivity contribution in [3.8, 4) is 0 Å². The van der Waals surface area contributed by atoms with E-state index in [1.807, 2.05) is 6.07 Å². The largest absolute Gasteiger partial charge is 0.461 e. The average molecular weight is 343 g/mol. The number of fused-ring (bicyclic) bond motifs is 2. The van der Waals surface area contributed by atoms with E-state index in [2.05, 4.69) is 35.6 Å². The van der Waals surface area contributed by atoms with E-state index in [1.165, 1.54) is 12.8 Å². The molecule has 0 aromatic carbocycles. The van der Waals surface area contributed by atoms with E-state index in [4.69, 9.17) is 4.74 Å². The maximum absolute atomic E-state index is 12.9. The number of aromatic nitrogens is 2. The zero-order valence-corrected chi connectivity index (χ0v) is 15.6. The summed E-state index contributed by atoms with van der Waals surface area (Å²) in [6, 6.07) is 1.82. The summed E-state index contributed by atoms with van der Waals surface area (Å²) in [5.74, 6) is 1.32. The molecule has 0 N–H and O–H groups in total. The number of carbonyl (C=O) groups is 1. The van der Waals surface area contributed by atoms with Crippen LogP contribution in [-0.2, 0) is 9.53 Å². The molecule has 4 atom stereocenters. The molecule has 3 aliphatic rings. The molecular formula is C20H29N3O2. The monoisotopic (exact) mass is 343 g/mol. The van der Waals surface area contributed by atoms with Crippen LogP contribution in [0, 0.1) is 22.7 Å². The number of hydrogen-bond acceptors (Lipinski definition) is 5. The Labute approximate surface area is 150 Å². The normalized spacial score (nSPS) is 36.4. The molecule has 0 spiro atoms. The fourth-order valence-electron chi connectivity index (χ4n) is 5.35. The summed E-state index contributed by atoms with van der Waals surface area (Å²) in [6.07, 6.45) is 8.96. The Balaban J connectivity index is 1.42. The predicted molar refractivity (Wildman–Crippen MR) is 96.1 cm³/mol. The summed E-state index contributed by atoms with van der Waals surface area (Å²) in [6.45, 7) is 8.60. The highest BCUT2D eigenvalue weighted by molar-refractivity contribution is 5.73. The van der Waals surface area contributed by atoms with Crippen molar-refractivity contribution in [2.45, 2.75) is 59.0 Å². The van der Waals surface area contributed by atoms with Crippen LogP contribution in [-0.4, -0.2) is 35.1 Å². The van der Waals surface area contributed by atoms with E-state index in [-0.39, 0.29) is 28.8 Å². The molecule has 1 aliphatic heterocycles. The molecule has 5 nitrogen and oxygen atoms in total. The van der Waals surface area contributed by atoms with E-state index in [0.29, 0.717) is 18.4 Å². The van der Waals surface area contributed by atoms with Crippen LogP contribution in [0.3, 0.4) is 0 Å². The zero-order chi connectivity index (χ0) is 17.7. The SMILES string of the molecule is CC1(C)[C@H]2CC[C@@]1(C)[C@H](OC(=O)[C@@H]1CCCN(c3ncccn3)C1)C2. The summed E-state index contributed by atoms with van der Waals surface area (Å²) in [7, 11) is 0. The van der Waals surface area contributed by atoms with Crippen LogP contribution in [0.25, 0.3) is 0 Å². The minimum Gasteiger partial charge on any atom is -0.461 e. The fourth-order valence-corrected chi connectivity index (χ4v) is 5.35. The highest BCUT2D eigenvalue weighted by Crippen LogP contribution is 2.66. The third-order valence-corrected chi connectivity index (χ3v) is 7.56. The van der Waals surface area contributed by atoms with Crippen LogP contribution in [0.2, 0.25) is 0 Å². The van der Waals surface area contributed by atoms with Gasteiger partial charge in [0.25, 0.3) is 0 Å². The molecule has 2 aliphatic carbocycles. The number of hydrogen-bond donors (Lipinski definition) is 0. The minimum absolute atomic E-state index is 0.0183. The lowest BCUT2D eigenvalue weighted by atomic mass is 9.70. The number of carbonyl (C=O) groups excluding carboxylic acids is 1. The molecule has 1 saturated heterocycles. The molecule has 1 aromatic heterocycles. The van der Waals surface area contributed by atoms with Gasteiger partial charge in [-0.15, -0.1) is 0 Å². The Bertz CT molecular complexity index is 648. The van der Waals surface area contributed by atoms with Crippen LogP contribution in [0.15, 0.2) is 18.5 Å². The van der Waals surface area contributed by atoms with Crippen molar-refractivity contribution in [2.24, 2.45) is 22.7 Å². The van der Waals surface area contributed by atoms with E-state index in [1.54, 1.807) is 12.4 Å². The number of esters is 1. The summed E-state index contributed by atoms with van der Waals surface area (Å²) < 4.78 is 6.10. The lowest BCUT2D eigenvalue weighted by Crippen LogP contribution is -2.43. The van der Waals surface area contributed by atoms with Gasteiger partial charge in [0, 0.05) is 30.9 Å². The number of rotatable bonds is 3. The summed E-state index contributed by atoms with van der Waals surface area (Å²) >= 11 is 0. The molecule has 2 heterocycles. The van der Waals surface area contributed by atoms with Crippen LogP contribution < -0.4 is 4.90 Å². The molecule has 25 heavy (non-hydrogen) atoms. The van der Waals surface area contributed by atoms with Crippen molar-refractivity contribution in [3.05, 3.63) is 18.5 Å². The molecule has 136 valence electrons. The second kappa shape index (κ2) is 5.96. The number of piperidine rings is 1. The molecule has 3 fully saturated rings. The molecular weight excluding hydrogens is 314 g/mol. The Morgan fingerprint density at radius 3 is 2.64 bits per heavy atom. The third kappa shape index (κ3) is 2.63. The van der Waals surface area contributed by atoms with Crippen LogP contribution in [0.4, 0.5) is 5.95 Å². The van der Waals surface area contributed by atoms with Crippen molar-refractivity contribution in [1.29, 1.82) is 0 Å². The summed E-state index contributed by atoms with van der Waals surface area (Å²) in [5, 5.41) is 0. The Hall–Kier alpha value is -1.65. The first kappa shape index (κ1) is 16.8. The third-order valence-electron chi connectivity index (χ3n) is 7.56. The summed E-state index contributed by atoms with van der Waals surface area (Å²) in [4.78, 5) is 23.6. The molecule has 0 amide bonds. The predicted octanol–water partition coefficient (Wildman–Crippen LogP) is 3.45. The van der Waals surface area contributed by atoms with E-state index < -0.39 is 0 Å². The van der Waals surface area contributed by atoms with Crippen LogP contribution >= 0.6 is 0 Å². The smallest absolute Gasteiger partial charge is 0.311 e. The van der Waals surface area contributed by atoms with Crippen LogP contribution in [0.1, 0.15) is 52.9 Å². The van der Waals surface area contributed by atoms with Gasteiger partial charge in [-0.05, 0) is 49.5 Å². The number of anilines is 1. The van der Waals surface area contributed by atoms with Gasteiger partial charge in [0.05, 0.1) is 5.92 Å². The topological polar surface area (TPSA) is 55.3 Å². The average Bonchev–Trinajstić information content (AvgIpc) is 2.96. The maximum Gasteiger partial charge on any atom is 0.311 e. The standard InChI is InChI=1S/C20H29N3O2/c1-19(2)15-7-8-20(19,3)16(12-15)25-17(24)14-6-4-11-23(13-14)18-21-9-5-10-22-18/h5,9-10,14-16H,4,6-8,11-13H2,1-3H3/t14-,15+,16-,20+/m1/s1. The molecule has 4 rings (SSSR count). The fraction of sp³-hybridized carbons (Fsp3) is 0.750. The molecule has 2 saturated carbocycles. The first-order valence-electron chi connectivity index (χ1n) is 9.64. The number of nitrogens with zero attached hydrogens (tertiary/aromatic N) is 3. The van der Waals surface area contributed by atoms with Gasteiger partial charge in [-0.3, -0.25) is 4.79 Å². The first-order chi connectivity index (χ1) is 11.9.